The van der Waals surface area contributed by atoms with Crippen LogP contribution in [-0.4, -0.2) is 54.5 Å². The van der Waals surface area contributed by atoms with Crippen molar-refractivity contribution < 1.29 is 27.7 Å². The lowest BCUT2D eigenvalue weighted by Crippen LogP contribution is -2.52. The molecule has 1 aliphatic rings. The van der Waals surface area contributed by atoms with Crippen LogP contribution in [-0.2, 0) is 12.6 Å². The minimum atomic E-state index is -4.68. The van der Waals surface area contributed by atoms with Gasteiger partial charge in [0.05, 0.1) is 10.5 Å². The maximum Gasteiger partial charge on any atom is 0.416 e. The highest BCUT2D eigenvalue weighted by molar-refractivity contribution is 5.92. The normalized spacial score (nSPS) is 14.2. The van der Waals surface area contributed by atoms with Crippen molar-refractivity contribution in [1.82, 2.24) is 10.2 Å². The summed E-state index contributed by atoms with van der Waals surface area (Å²) in [7, 11) is 0. The third-order valence-corrected chi connectivity index (χ3v) is 5.31. The van der Waals surface area contributed by atoms with Crippen LogP contribution in [0.4, 0.5) is 29.3 Å². The molecule has 0 radical (unpaired) electrons. The molecule has 12 heteroatoms. The van der Waals surface area contributed by atoms with Gasteiger partial charge < -0.3 is 20.9 Å². The minimum absolute atomic E-state index is 0.0855. The van der Waals surface area contributed by atoms with E-state index in [-0.39, 0.29) is 37.9 Å². The Labute approximate surface area is 187 Å². The van der Waals surface area contributed by atoms with Crippen molar-refractivity contribution in [3.05, 3.63) is 69.3 Å². The lowest BCUT2D eigenvalue weighted by atomic mass is 10.1. The first-order valence-electron chi connectivity index (χ1n) is 10.1. The molecule has 9 nitrogen and oxygen atoms in total. The van der Waals surface area contributed by atoms with Gasteiger partial charge in [0.25, 0.3) is 5.69 Å². The van der Waals surface area contributed by atoms with Gasteiger partial charge in [0.15, 0.2) is 0 Å². The van der Waals surface area contributed by atoms with E-state index >= 15 is 0 Å². The number of primary amides is 1. The average molecular weight is 465 g/mol. The first-order chi connectivity index (χ1) is 15.6. The molecule has 0 bridgehead atoms. The Bertz CT molecular complexity index is 1050. The van der Waals surface area contributed by atoms with Crippen LogP contribution in [0.15, 0.2) is 42.5 Å². The van der Waals surface area contributed by atoms with Crippen molar-refractivity contribution in [2.24, 2.45) is 5.73 Å². The second-order valence-corrected chi connectivity index (χ2v) is 7.48. The summed E-state index contributed by atoms with van der Waals surface area (Å²) in [5, 5.41) is 14.1. The van der Waals surface area contributed by atoms with Gasteiger partial charge in [-0.15, -0.1) is 0 Å². The molecule has 1 fully saturated rings. The van der Waals surface area contributed by atoms with Crippen LogP contribution in [0, 0.1) is 10.1 Å². The Balaban J connectivity index is 1.55. The number of nitrogens with two attached hydrogens (primary N) is 1. The monoisotopic (exact) mass is 465 g/mol. The lowest BCUT2D eigenvalue weighted by Gasteiger charge is -2.35. The smallest absolute Gasteiger partial charge is 0.366 e. The first kappa shape index (κ1) is 23.8. The van der Waals surface area contributed by atoms with Crippen molar-refractivity contribution in [3.63, 3.8) is 0 Å². The van der Waals surface area contributed by atoms with Gasteiger partial charge in [-0.1, -0.05) is 12.1 Å². The van der Waals surface area contributed by atoms with E-state index in [4.69, 9.17) is 5.73 Å². The number of nitro groups is 1. The predicted molar refractivity (Wildman–Crippen MR) is 114 cm³/mol. The number of hydrogen-bond donors (Lipinski definition) is 2. The number of urea groups is 1. The van der Waals surface area contributed by atoms with Crippen molar-refractivity contribution in [1.29, 1.82) is 0 Å². The highest BCUT2D eigenvalue weighted by Crippen LogP contribution is 2.36. The van der Waals surface area contributed by atoms with Gasteiger partial charge in [0.1, 0.15) is 5.69 Å². The summed E-state index contributed by atoms with van der Waals surface area (Å²) < 4.78 is 38.7. The molecule has 176 valence electrons. The number of amides is 3. The quantitative estimate of drug-likeness (QED) is 0.502. The molecule has 33 heavy (non-hydrogen) atoms. The Morgan fingerprint density at radius 1 is 1.09 bits per heavy atom. The van der Waals surface area contributed by atoms with Crippen molar-refractivity contribution in [2.45, 2.75) is 12.6 Å². The van der Waals surface area contributed by atoms with Crippen LogP contribution in [0.2, 0.25) is 0 Å². The van der Waals surface area contributed by atoms with Gasteiger partial charge in [-0.05, 0) is 36.2 Å². The molecular formula is C21H22F3N5O4. The van der Waals surface area contributed by atoms with E-state index in [9.17, 15) is 32.9 Å². The third kappa shape index (κ3) is 5.90. The summed E-state index contributed by atoms with van der Waals surface area (Å²) in [6, 6.07) is 8.90. The van der Waals surface area contributed by atoms with Crippen molar-refractivity contribution in [2.75, 3.05) is 37.6 Å². The van der Waals surface area contributed by atoms with E-state index in [1.54, 1.807) is 23.1 Å². The Morgan fingerprint density at radius 2 is 1.79 bits per heavy atom. The van der Waals surface area contributed by atoms with Crippen molar-refractivity contribution in [3.8, 4) is 0 Å². The number of carbonyl (C=O) groups is 2. The van der Waals surface area contributed by atoms with E-state index in [0.29, 0.717) is 24.6 Å². The number of nitro benzene ring substituents is 1. The molecule has 0 saturated carbocycles. The van der Waals surface area contributed by atoms with Gasteiger partial charge >= 0.3 is 12.2 Å². The molecule has 0 aromatic heterocycles. The summed E-state index contributed by atoms with van der Waals surface area (Å²) in [6.07, 6.45) is -4.19. The number of carbonyl (C=O) groups excluding carboxylic acids is 2. The fourth-order valence-electron chi connectivity index (χ4n) is 3.57. The molecule has 3 amide bonds. The molecule has 0 atom stereocenters. The highest BCUT2D eigenvalue weighted by atomic mass is 19.4. The number of benzene rings is 2. The number of anilines is 1. The van der Waals surface area contributed by atoms with Gasteiger partial charge in [-0.25, -0.2) is 4.79 Å². The van der Waals surface area contributed by atoms with Gasteiger partial charge in [-0.3, -0.25) is 14.9 Å². The predicted octanol–water partition coefficient (Wildman–Crippen LogP) is 2.79. The molecule has 1 heterocycles. The standard InChI is InChI=1S/C21H22F3N5O4/c22-21(23,24)16-4-5-17(18(13-16)29(32)33)27-8-10-28(11-9-27)20(31)26-7-6-14-2-1-3-15(12-14)19(25)30/h1-5,12-13H,6-11H2,(H2,25,30)(H,26,31). The van der Waals surface area contributed by atoms with Crippen LogP contribution in [0.25, 0.3) is 0 Å². The molecule has 1 saturated heterocycles. The molecule has 3 N–H and O–H groups in total. The van der Waals surface area contributed by atoms with Crippen LogP contribution in [0.5, 0.6) is 0 Å². The maximum absolute atomic E-state index is 12.9. The van der Waals surface area contributed by atoms with Crippen molar-refractivity contribution >= 4 is 23.3 Å². The van der Waals surface area contributed by atoms with Crippen LogP contribution < -0.4 is 16.0 Å². The van der Waals surface area contributed by atoms with Crippen LogP contribution in [0.3, 0.4) is 0 Å². The van der Waals surface area contributed by atoms with E-state index < -0.39 is 28.3 Å². The number of piperazine rings is 1. The highest BCUT2D eigenvalue weighted by Gasteiger charge is 2.34. The largest absolute Gasteiger partial charge is 0.416 e. The zero-order valence-electron chi connectivity index (χ0n) is 17.5. The summed E-state index contributed by atoms with van der Waals surface area (Å²) in [5.41, 5.74) is 4.85. The Morgan fingerprint density at radius 3 is 2.39 bits per heavy atom. The molecule has 3 rings (SSSR count). The third-order valence-electron chi connectivity index (χ3n) is 5.31. The number of alkyl halides is 3. The zero-order chi connectivity index (χ0) is 24.2. The number of hydrogen-bond acceptors (Lipinski definition) is 5. The number of halogens is 3. The molecule has 0 spiro atoms. The lowest BCUT2D eigenvalue weighted by molar-refractivity contribution is -0.384. The van der Waals surface area contributed by atoms with Crippen LogP contribution in [0.1, 0.15) is 21.5 Å². The fourth-order valence-corrected chi connectivity index (χ4v) is 3.57. The average Bonchev–Trinajstić information content (AvgIpc) is 2.78. The van der Waals surface area contributed by atoms with E-state index in [1.807, 2.05) is 6.07 Å². The summed E-state index contributed by atoms with van der Waals surface area (Å²) in [4.78, 5) is 37.3. The SMILES string of the molecule is NC(=O)c1cccc(CCNC(=O)N2CCN(c3ccc(C(F)(F)F)cc3[N+](=O)[O-])CC2)c1. The summed E-state index contributed by atoms with van der Waals surface area (Å²) in [6.45, 7) is 1.30. The fraction of sp³-hybridized carbons (Fsp3) is 0.333. The molecule has 2 aromatic carbocycles. The molecular weight excluding hydrogens is 443 g/mol. The molecule has 0 unspecified atom stereocenters. The number of rotatable bonds is 6. The van der Waals surface area contributed by atoms with E-state index in [2.05, 4.69) is 5.32 Å². The van der Waals surface area contributed by atoms with Gasteiger partial charge in [0.2, 0.25) is 5.91 Å². The number of nitrogens with zero attached hydrogens (tertiary/aromatic N) is 3. The number of nitrogens with one attached hydrogen (secondary N) is 1. The Kier molecular flexibility index (Phi) is 7.04. The maximum atomic E-state index is 12.9. The summed E-state index contributed by atoms with van der Waals surface area (Å²) in [5.74, 6) is -0.535. The second kappa shape index (κ2) is 9.76. The molecule has 2 aromatic rings. The van der Waals surface area contributed by atoms with E-state index in [0.717, 1.165) is 17.7 Å². The van der Waals surface area contributed by atoms with Gasteiger partial charge in [-0.2, -0.15) is 13.2 Å². The second-order valence-electron chi connectivity index (χ2n) is 7.48. The Hall–Kier alpha value is -3.83. The molecule has 0 aliphatic carbocycles. The minimum Gasteiger partial charge on any atom is -0.366 e. The first-order valence-corrected chi connectivity index (χ1v) is 10.1. The van der Waals surface area contributed by atoms with Crippen LogP contribution >= 0.6 is 0 Å². The van der Waals surface area contributed by atoms with E-state index in [1.165, 1.54) is 4.90 Å². The zero-order valence-corrected chi connectivity index (χ0v) is 17.5. The van der Waals surface area contributed by atoms with Gasteiger partial charge in [0, 0.05) is 44.4 Å². The summed E-state index contributed by atoms with van der Waals surface area (Å²) >= 11 is 0. The topological polar surface area (TPSA) is 122 Å². The molecule has 1 aliphatic heterocycles.